The summed E-state index contributed by atoms with van der Waals surface area (Å²) < 4.78 is 56.9. The molecule has 3 heterocycles. The average molecular weight is 693 g/mol. The first-order chi connectivity index (χ1) is 20.4. The molecule has 0 bridgehead atoms. The summed E-state index contributed by atoms with van der Waals surface area (Å²) in [4.78, 5) is 54.4. The minimum Gasteiger partial charge on any atom is -0.325 e. The molecular weight excluding hydrogens is 674 g/mol. The van der Waals surface area contributed by atoms with Crippen molar-refractivity contribution in [2.24, 2.45) is 5.92 Å². The molecule has 1 N–H and O–H groups in total. The Hall–Kier alpha value is -3.75. The second kappa shape index (κ2) is 11.1. The zero-order chi connectivity index (χ0) is 30.6. The van der Waals surface area contributed by atoms with E-state index in [9.17, 15) is 36.7 Å². The van der Waals surface area contributed by atoms with Crippen molar-refractivity contribution >= 4 is 68.1 Å². The number of benzene rings is 3. The van der Waals surface area contributed by atoms with E-state index in [0.717, 1.165) is 39.7 Å². The number of thiazole rings is 1. The maximum atomic E-state index is 13.9. The van der Waals surface area contributed by atoms with Gasteiger partial charge in [-0.15, -0.1) is 0 Å². The third kappa shape index (κ3) is 5.31. The number of alkyl halides is 3. The first-order valence-corrected chi connectivity index (χ1v) is 15.2. The van der Waals surface area contributed by atoms with Crippen molar-refractivity contribution in [3.05, 3.63) is 109 Å². The molecule has 43 heavy (non-hydrogen) atoms. The lowest BCUT2D eigenvalue weighted by molar-refractivity contribution is -0.137. The standard InChI is InChI=1S/C29H18BrF4N3O4S2/c30-15-7-5-14(6-8-15)21-22-23(26(40)37(25(22)39)19-4-2-1-3-18(19)29(32,33)34)42-27-24(21)43-28(41)36(27)13-20(38)35-17-11-9-16(31)10-12-17/h1-12,21-23H,13H2,(H,35,38). The maximum absolute atomic E-state index is 13.9. The van der Waals surface area contributed by atoms with Crippen LogP contribution in [0, 0.1) is 11.7 Å². The molecule has 3 aromatic carbocycles. The Labute approximate surface area is 257 Å². The molecule has 1 saturated heterocycles. The number of imide groups is 1. The van der Waals surface area contributed by atoms with Crippen molar-refractivity contribution < 1.29 is 31.9 Å². The molecule has 2 aliphatic heterocycles. The van der Waals surface area contributed by atoms with E-state index >= 15 is 0 Å². The largest absolute Gasteiger partial charge is 0.418 e. The fourth-order valence-electron chi connectivity index (χ4n) is 5.31. The Morgan fingerprint density at radius 2 is 1.60 bits per heavy atom. The average Bonchev–Trinajstić information content (AvgIpc) is 3.40. The Bertz CT molecular complexity index is 1820. The van der Waals surface area contributed by atoms with Crippen LogP contribution in [-0.2, 0) is 27.1 Å². The van der Waals surface area contributed by atoms with Crippen molar-refractivity contribution in [3.63, 3.8) is 0 Å². The Morgan fingerprint density at radius 3 is 2.28 bits per heavy atom. The van der Waals surface area contributed by atoms with Gasteiger partial charge >= 0.3 is 11.0 Å². The molecule has 2 aliphatic rings. The summed E-state index contributed by atoms with van der Waals surface area (Å²) in [6.45, 7) is -0.442. The molecule has 4 aromatic rings. The highest BCUT2D eigenvalue weighted by molar-refractivity contribution is 9.10. The molecule has 0 radical (unpaired) electrons. The molecular formula is C29H18BrF4N3O4S2. The number of amides is 3. The number of nitrogens with zero attached hydrogens (tertiary/aromatic N) is 2. The third-order valence-electron chi connectivity index (χ3n) is 7.16. The molecule has 220 valence electrons. The number of fused-ring (bicyclic) bond motifs is 2. The van der Waals surface area contributed by atoms with Gasteiger partial charge in [0.15, 0.2) is 0 Å². The van der Waals surface area contributed by atoms with Crippen LogP contribution in [0.15, 0.2) is 87.1 Å². The van der Waals surface area contributed by atoms with Gasteiger partial charge in [0, 0.05) is 21.0 Å². The summed E-state index contributed by atoms with van der Waals surface area (Å²) in [7, 11) is 0. The van der Waals surface area contributed by atoms with Gasteiger partial charge in [0.1, 0.15) is 17.6 Å². The minimum absolute atomic E-state index is 0.283. The lowest BCUT2D eigenvalue weighted by atomic mass is 9.83. The van der Waals surface area contributed by atoms with Crippen LogP contribution in [0.3, 0.4) is 0 Å². The number of halogens is 5. The van der Waals surface area contributed by atoms with Crippen molar-refractivity contribution in [1.29, 1.82) is 0 Å². The van der Waals surface area contributed by atoms with Gasteiger partial charge in [0.25, 0.3) is 0 Å². The first kappa shape index (κ1) is 29.3. The molecule has 3 unspecified atom stereocenters. The van der Waals surface area contributed by atoms with Gasteiger partial charge in [-0.1, -0.05) is 63.3 Å². The molecule has 0 aliphatic carbocycles. The van der Waals surface area contributed by atoms with Crippen LogP contribution in [0.25, 0.3) is 0 Å². The monoisotopic (exact) mass is 691 g/mol. The van der Waals surface area contributed by atoms with E-state index in [4.69, 9.17) is 0 Å². The van der Waals surface area contributed by atoms with Gasteiger partial charge < -0.3 is 5.32 Å². The number of para-hydroxylation sites is 1. The zero-order valence-corrected chi connectivity index (χ0v) is 24.8. The lowest BCUT2D eigenvalue weighted by Gasteiger charge is -2.30. The Balaban J connectivity index is 1.43. The van der Waals surface area contributed by atoms with Crippen molar-refractivity contribution in [2.75, 3.05) is 10.2 Å². The summed E-state index contributed by atoms with van der Waals surface area (Å²) in [5.74, 6) is -4.68. The van der Waals surface area contributed by atoms with E-state index in [1.165, 1.54) is 41.0 Å². The number of hydrogen-bond donors (Lipinski definition) is 1. The number of aromatic nitrogens is 1. The molecule has 1 fully saturated rings. The van der Waals surface area contributed by atoms with Crippen LogP contribution in [-0.4, -0.2) is 27.5 Å². The Morgan fingerprint density at radius 1 is 0.930 bits per heavy atom. The van der Waals surface area contributed by atoms with Crippen LogP contribution in [0.5, 0.6) is 0 Å². The van der Waals surface area contributed by atoms with E-state index in [-0.39, 0.29) is 5.03 Å². The van der Waals surface area contributed by atoms with Crippen LogP contribution in [0.2, 0.25) is 0 Å². The molecule has 0 spiro atoms. The van der Waals surface area contributed by atoms with Crippen LogP contribution in [0.1, 0.15) is 21.9 Å². The van der Waals surface area contributed by atoms with E-state index < -0.39 is 69.5 Å². The van der Waals surface area contributed by atoms with Crippen LogP contribution in [0.4, 0.5) is 28.9 Å². The number of carbonyl (C=O) groups is 3. The Kier molecular flexibility index (Phi) is 7.55. The van der Waals surface area contributed by atoms with Gasteiger partial charge in [-0.05, 0) is 54.1 Å². The number of nitrogens with one attached hydrogen (secondary N) is 1. The molecule has 14 heteroatoms. The quantitative estimate of drug-likeness (QED) is 0.197. The molecule has 7 nitrogen and oxygen atoms in total. The maximum Gasteiger partial charge on any atom is 0.418 e. The number of hydrogen-bond acceptors (Lipinski definition) is 6. The summed E-state index contributed by atoms with van der Waals surface area (Å²) in [6, 6.07) is 16.3. The minimum atomic E-state index is -4.82. The van der Waals surface area contributed by atoms with Crippen molar-refractivity contribution in [3.8, 4) is 0 Å². The topological polar surface area (TPSA) is 88.5 Å². The van der Waals surface area contributed by atoms with E-state index in [1.54, 1.807) is 24.3 Å². The van der Waals surface area contributed by atoms with Gasteiger partial charge in [-0.2, -0.15) is 13.2 Å². The van der Waals surface area contributed by atoms with Gasteiger partial charge in [0.2, 0.25) is 17.7 Å². The highest BCUT2D eigenvalue weighted by Gasteiger charge is 2.57. The third-order valence-corrected chi connectivity index (χ3v) is 10.3. The van der Waals surface area contributed by atoms with E-state index in [0.29, 0.717) is 21.0 Å². The molecule has 0 saturated carbocycles. The van der Waals surface area contributed by atoms with Crippen LogP contribution < -0.4 is 15.1 Å². The smallest absolute Gasteiger partial charge is 0.325 e. The first-order valence-electron chi connectivity index (χ1n) is 12.7. The summed E-state index contributed by atoms with van der Waals surface area (Å²) >= 11 is 5.07. The predicted molar refractivity (Wildman–Crippen MR) is 157 cm³/mol. The van der Waals surface area contributed by atoms with Crippen molar-refractivity contribution in [1.82, 2.24) is 4.57 Å². The molecule has 1 aromatic heterocycles. The van der Waals surface area contributed by atoms with Gasteiger partial charge in [-0.25, -0.2) is 9.29 Å². The summed E-state index contributed by atoms with van der Waals surface area (Å²) in [5.41, 5.74) is -0.797. The van der Waals surface area contributed by atoms with Gasteiger partial charge in [-0.3, -0.25) is 23.7 Å². The second-order valence-corrected chi connectivity index (χ2v) is 12.8. The normalized spacial score (nSPS) is 19.7. The number of anilines is 2. The summed E-state index contributed by atoms with van der Waals surface area (Å²) in [6.07, 6.45) is -4.82. The number of carbonyl (C=O) groups excluding carboxylic acids is 3. The lowest BCUT2D eigenvalue weighted by Crippen LogP contribution is -2.33. The predicted octanol–water partition coefficient (Wildman–Crippen LogP) is 6.26. The molecule has 3 amide bonds. The van der Waals surface area contributed by atoms with Crippen molar-refractivity contribution in [2.45, 2.75) is 28.9 Å². The van der Waals surface area contributed by atoms with Gasteiger partial charge in [0.05, 0.1) is 22.2 Å². The molecule has 6 rings (SSSR count). The number of rotatable bonds is 5. The zero-order valence-electron chi connectivity index (χ0n) is 21.6. The number of thioether (sulfide) groups is 1. The van der Waals surface area contributed by atoms with E-state index in [1.807, 2.05) is 0 Å². The fraction of sp³-hybridized carbons (Fsp3) is 0.172. The molecule has 3 atom stereocenters. The second-order valence-electron chi connectivity index (χ2n) is 9.80. The fourth-order valence-corrected chi connectivity index (χ4v) is 8.35. The van der Waals surface area contributed by atoms with E-state index in [2.05, 4.69) is 21.2 Å². The summed E-state index contributed by atoms with van der Waals surface area (Å²) in [5, 5.41) is 1.72. The SMILES string of the molecule is O=C(Cn1c2c(sc1=O)C(c1ccc(Br)cc1)C1C(=O)N(c3ccccc3C(F)(F)F)C(=O)C1S2)Nc1ccc(F)cc1. The van der Waals surface area contributed by atoms with Crippen LogP contribution >= 0.6 is 39.0 Å². The highest BCUT2D eigenvalue weighted by Crippen LogP contribution is 2.54. The highest BCUT2D eigenvalue weighted by atomic mass is 79.9.